The first-order chi connectivity index (χ1) is 9.58. The van der Waals surface area contributed by atoms with E-state index in [4.69, 9.17) is 4.74 Å². The molecule has 0 fully saturated rings. The molecule has 0 bridgehead atoms. The van der Waals surface area contributed by atoms with E-state index < -0.39 is 0 Å². The SMILES string of the molecule is Cc1cccc2c1OCCCC2NC(C)CCN(C)C. The Kier molecular flexibility index (Phi) is 5.44. The molecule has 1 heterocycles. The fourth-order valence-corrected chi connectivity index (χ4v) is 2.82. The normalized spacial score (nSPS) is 20.1. The molecule has 0 saturated carbocycles. The molecule has 2 unspecified atom stereocenters. The highest BCUT2D eigenvalue weighted by Gasteiger charge is 2.22. The monoisotopic (exact) mass is 276 g/mol. The average Bonchev–Trinajstić information content (AvgIpc) is 2.60. The number of fused-ring (bicyclic) bond motifs is 1. The van der Waals surface area contributed by atoms with Crippen LogP contribution in [0.1, 0.15) is 43.4 Å². The van der Waals surface area contributed by atoms with Gasteiger partial charge in [-0.25, -0.2) is 0 Å². The zero-order valence-corrected chi connectivity index (χ0v) is 13.3. The molecular weight excluding hydrogens is 248 g/mol. The third-order valence-corrected chi connectivity index (χ3v) is 4.00. The Hall–Kier alpha value is -1.06. The molecule has 3 heteroatoms. The van der Waals surface area contributed by atoms with E-state index in [-0.39, 0.29) is 0 Å². The predicted octanol–water partition coefficient (Wildman–Crippen LogP) is 3.14. The molecule has 3 nitrogen and oxygen atoms in total. The lowest BCUT2D eigenvalue weighted by Crippen LogP contribution is -2.33. The van der Waals surface area contributed by atoms with E-state index in [1.165, 1.54) is 17.5 Å². The van der Waals surface area contributed by atoms with Gasteiger partial charge < -0.3 is 15.0 Å². The molecule has 20 heavy (non-hydrogen) atoms. The average molecular weight is 276 g/mol. The summed E-state index contributed by atoms with van der Waals surface area (Å²) in [6.45, 7) is 6.38. The number of nitrogens with one attached hydrogen (secondary N) is 1. The maximum Gasteiger partial charge on any atom is 0.126 e. The van der Waals surface area contributed by atoms with Crippen molar-refractivity contribution in [3.05, 3.63) is 29.3 Å². The molecule has 1 aromatic rings. The molecule has 2 atom stereocenters. The minimum absolute atomic E-state index is 0.421. The minimum atomic E-state index is 0.421. The number of ether oxygens (including phenoxy) is 1. The van der Waals surface area contributed by atoms with Crippen molar-refractivity contribution in [1.29, 1.82) is 0 Å². The lowest BCUT2D eigenvalue weighted by Gasteiger charge is -2.24. The van der Waals surface area contributed by atoms with Crippen LogP contribution in [-0.2, 0) is 0 Å². The Labute approximate surface area is 123 Å². The second-order valence-electron chi connectivity index (χ2n) is 6.20. The zero-order valence-electron chi connectivity index (χ0n) is 13.3. The first kappa shape index (κ1) is 15.3. The van der Waals surface area contributed by atoms with Crippen molar-refractivity contribution in [2.75, 3.05) is 27.2 Å². The van der Waals surface area contributed by atoms with E-state index in [1.54, 1.807) is 0 Å². The van der Waals surface area contributed by atoms with Gasteiger partial charge in [0.15, 0.2) is 0 Å². The fraction of sp³-hybridized carbons (Fsp3) is 0.647. The van der Waals surface area contributed by atoms with Crippen LogP contribution in [0.5, 0.6) is 5.75 Å². The summed E-state index contributed by atoms with van der Waals surface area (Å²) < 4.78 is 5.94. The van der Waals surface area contributed by atoms with E-state index >= 15 is 0 Å². The quantitative estimate of drug-likeness (QED) is 0.894. The van der Waals surface area contributed by atoms with Gasteiger partial charge in [0, 0.05) is 17.6 Å². The lowest BCUT2D eigenvalue weighted by atomic mass is 9.98. The predicted molar refractivity (Wildman–Crippen MR) is 84.4 cm³/mol. The van der Waals surface area contributed by atoms with Crippen LogP contribution in [0.3, 0.4) is 0 Å². The van der Waals surface area contributed by atoms with Crippen LogP contribution < -0.4 is 10.1 Å². The van der Waals surface area contributed by atoms with Gasteiger partial charge in [0.1, 0.15) is 5.75 Å². The highest BCUT2D eigenvalue weighted by atomic mass is 16.5. The summed E-state index contributed by atoms with van der Waals surface area (Å²) in [5.41, 5.74) is 2.58. The smallest absolute Gasteiger partial charge is 0.126 e. The fourth-order valence-electron chi connectivity index (χ4n) is 2.82. The second-order valence-corrected chi connectivity index (χ2v) is 6.20. The molecule has 0 amide bonds. The second kappa shape index (κ2) is 7.09. The Morgan fingerprint density at radius 1 is 1.40 bits per heavy atom. The van der Waals surface area contributed by atoms with Gasteiger partial charge in [-0.15, -0.1) is 0 Å². The molecule has 0 aliphatic carbocycles. The molecule has 2 rings (SSSR count). The van der Waals surface area contributed by atoms with E-state index in [9.17, 15) is 0 Å². The number of rotatable bonds is 5. The first-order valence-electron chi connectivity index (χ1n) is 7.71. The highest BCUT2D eigenvalue weighted by Crippen LogP contribution is 2.34. The molecule has 112 valence electrons. The molecule has 1 aliphatic heterocycles. The Balaban J connectivity index is 2.07. The molecule has 1 N–H and O–H groups in total. The summed E-state index contributed by atoms with van der Waals surface area (Å²) in [5, 5.41) is 3.79. The summed E-state index contributed by atoms with van der Waals surface area (Å²) >= 11 is 0. The topological polar surface area (TPSA) is 24.5 Å². The number of nitrogens with zero attached hydrogens (tertiary/aromatic N) is 1. The molecule has 0 radical (unpaired) electrons. The Bertz CT molecular complexity index is 431. The third-order valence-electron chi connectivity index (χ3n) is 4.00. The highest BCUT2D eigenvalue weighted by molar-refractivity contribution is 5.43. The molecular formula is C17H28N2O. The van der Waals surface area contributed by atoms with Crippen LogP contribution in [0.4, 0.5) is 0 Å². The van der Waals surface area contributed by atoms with Gasteiger partial charge in [-0.2, -0.15) is 0 Å². The van der Waals surface area contributed by atoms with Crippen molar-refractivity contribution in [2.24, 2.45) is 0 Å². The molecule has 1 aliphatic rings. The third kappa shape index (κ3) is 3.97. The zero-order chi connectivity index (χ0) is 14.5. The standard InChI is InChI=1S/C17H28N2O/c1-13-7-5-8-15-16(9-6-12-20-17(13)15)18-14(2)10-11-19(3)4/h5,7-8,14,16,18H,6,9-12H2,1-4H3. The van der Waals surface area contributed by atoms with Gasteiger partial charge in [0.2, 0.25) is 0 Å². The lowest BCUT2D eigenvalue weighted by molar-refractivity contribution is 0.311. The van der Waals surface area contributed by atoms with Gasteiger partial charge in [-0.05, 0) is 59.3 Å². The Morgan fingerprint density at radius 2 is 2.20 bits per heavy atom. The summed E-state index contributed by atoms with van der Waals surface area (Å²) in [6, 6.07) is 7.43. The molecule has 0 saturated heterocycles. The van der Waals surface area contributed by atoms with Crippen LogP contribution in [-0.4, -0.2) is 38.2 Å². The summed E-state index contributed by atoms with van der Waals surface area (Å²) in [7, 11) is 4.26. The minimum Gasteiger partial charge on any atom is -0.493 e. The number of aryl methyl sites for hydroxylation is 1. The number of hydrogen-bond donors (Lipinski definition) is 1. The van der Waals surface area contributed by atoms with Crippen molar-refractivity contribution in [2.45, 2.75) is 45.2 Å². The van der Waals surface area contributed by atoms with E-state index in [0.29, 0.717) is 12.1 Å². The van der Waals surface area contributed by atoms with Crippen molar-refractivity contribution in [1.82, 2.24) is 10.2 Å². The summed E-state index contributed by atoms with van der Waals surface area (Å²) in [5.74, 6) is 1.10. The molecule has 0 spiro atoms. The van der Waals surface area contributed by atoms with E-state index in [0.717, 1.165) is 31.7 Å². The summed E-state index contributed by atoms with van der Waals surface area (Å²) in [6.07, 6.45) is 3.44. The van der Waals surface area contributed by atoms with Gasteiger partial charge in [-0.3, -0.25) is 0 Å². The van der Waals surface area contributed by atoms with Crippen LogP contribution in [0.15, 0.2) is 18.2 Å². The maximum absolute atomic E-state index is 5.94. The van der Waals surface area contributed by atoms with Crippen LogP contribution in [0, 0.1) is 6.92 Å². The van der Waals surface area contributed by atoms with Crippen molar-refractivity contribution in [3.63, 3.8) is 0 Å². The van der Waals surface area contributed by atoms with Crippen LogP contribution >= 0.6 is 0 Å². The van der Waals surface area contributed by atoms with Gasteiger partial charge in [0.05, 0.1) is 6.61 Å². The van der Waals surface area contributed by atoms with E-state index in [1.807, 2.05) is 0 Å². The van der Waals surface area contributed by atoms with Crippen LogP contribution in [0.2, 0.25) is 0 Å². The van der Waals surface area contributed by atoms with Crippen molar-refractivity contribution < 1.29 is 4.74 Å². The molecule has 1 aromatic carbocycles. The van der Waals surface area contributed by atoms with Crippen LogP contribution in [0.25, 0.3) is 0 Å². The van der Waals surface area contributed by atoms with Gasteiger partial charge in [-0.1, -0.05) is 18.2 Å². The number of benzene rings is 1. The van der Waals surface area contributed by atoms with Crippen molar-refractivity contribution >= 4 is 0 Å². The Morgan fingerprint density at radius 3 is 2.95 bits per heavy atom. The van der Waals surface area contributed by atoms with Crippen molar-refractivity contribution in [3.8, 4) is 5.75 Å². The summed E-state index contributed by atoms with van der Waals surface area (Å²) in [4.78, 5) is 2.24. The number of hydrogen-bond acceptors (Lipinski definition) is 3. The van der Waals surface area contributed by atoms with E-state index in [2.05, 4.69) is 56.4 Å². The number of para-hydroxylation sites is 1. The first-order valence-corrected chi connectivity index (χ1v) is 7.71. The molecule has 0 aromatic heterocycles. The largest absolute Gasteiger partial charge is 0.493 e. The van der Waals surface area contributed by atoms with Gasteiger partial charge >= 0.3 is 0 Å². The van der Waals surface area contributed by atoms with Gasteiger partial charge in [0.25, 0.3) is 0 Å². The maximum atomic E-state index is 5.94.